The van der Waals surface area contributed by atoms with E-state index in [-0.39, 0.29) is 0 Å². The number of benzene rings is 1. The summed E-state index contributed by atoms with van der Waals surface area (Å²) in [6, 6.07) is 7.07. The summed E-state index contributed by atoms with van der Waals surface area (Å²) in [5.41, 5.74) is 1.23. The number of piperidine rings is 1. The van der Waals surface area contributed by atoms with Crippen molar-refractivity contribution < 1.29 is 9.47 Å². The van der Waals surface area contributed by atoms with E-state index in [1.807, 2.05) is 23.7 Å². The van der Waals surface area contributed by atoms with Crippen LogP contribution >= 0.6 is 11.3 Å². The van der Waals surface area contributed by atoms with Gasteiger partial charge in [0.25, 0.3) is 0 Å². The van der Waals surface area contributed by atoms with E-state index in [1.54, 1.807) is 18.4 Å². The van der Waals surface area contributed by atoms with E-state index in [9.17, 15) is 0 Å². The van der Waals surface area contributed by atoms with E-state index in [4.69, 9.17) is 9.47 Å². The second kappa shape index (κ2) is 6.99. The number of anilines is 1. The van der Waals surface area contributed by atoms with E-state index in [2.05, 4.69) is 21.3 Å². The fourth-order valence-corrected chi connectivity index (χ4v) is 4.30. The molecule has 3 heterocycles. The Hall–Kier alpha value is -1.79. The van der Waals surface area contributed by atoms with E-state index in [0.29, 0.717) is 18.7 Å². The summed E-state index contributed by atoms with van der Waals surface area (Å²) in [6.45, 7) is 2.85. The van der Waals surface area contributed by atoms with Crippen molar-refractivity contribution in [2.45, 2.75) is 31.3 Å². The smallest absolute Gasteiger partial charge is 0.185 e. The number of ether oxygens (including phenoxy) is 2. The summed E-state index contributed by atoms with van der Waals surface area (Å²) in [4.78, 5) is 6.80. The number of hydrogen-bond acceptors (Lipinski definition) is 6. The van der Waals surface area contributed by atoms with Gasteiger partial charge in [0, 0.05) is 36.8 Å². The van der Waals surface area contributed by atoms with Crippen molar-refractivity contribution in [3.05, 3.63) is 35.3 Å². The van der Waals surface area contributed by atoms with Crippen molar-refractivity contribution in [2.24, 2.45) is 0 Å². The second-order valence-corrected chi connectivity index (χ2v) is 7.28. The highest BCUT2D eigenvalue weighted by Gasteiger charge is 2.27. The summed E-state index contributed by atoms with van der Waals surface area (Å²) in [5.74, 6) is 1.75. The third-order valence-electron chi connectivity index (χ3n) is 4.83. The summed E-state index contributed by atoms with van der Waals surface area (Å²) >= 11 is 1.72. The molecule has 0 amide bonds. The van der Waals surface area contributed by atoms with Gasteiger partial charge in [0.2, 0.25) is 0 Å². The standard InChI is InChI=1S/C18H23N3O2S/c1-22-16-4-2-3-13-11-15(12-23-17(13)16)20-14-5-8-21(9-6-14)18-19-7-10-24-18/h2-4,7,10,14-15,20H,5-6,8-9,11-12H2,1H3/t15-/m0/s1. The van der Waals surface area contributed by atoms with Crippen molar-refractivity contribution in [3.63, 3.8) is 0 Å². The molecule has 1 N–H and O–H groups in total. The number of aromatic nitrogens is 1. The first-order valence-electron chi connectivity index (χ1n) is 8.52. The molecule has 0 aliphatic carbocycles. The number of methoxy groups -OCH3 is 1. The monoisotopic (exact) mass is 345 g/mol. The molecule has 1 saturated heterocycles. The Bertz CT molecular complexity index is 669. The molecule has 0 unspecified atom stereocenters. The van der Waals surface area contributed by atoms with Crippen LogP contribution in [0, 0.1) is 0 Å². The van der Waals surface area contributed by atoms with Gasteiger partial charge in [0.1, 0.15) is 6.61 Å². The summed E-state index contributed by atoms with van der Waals surface area (Å²) in [6.07, 6.45) is 5.19. The predicted molar refractivity (Wildman–Crippen MR) is 96.5 cm³/mol. The Labute approximate surface area is 146 Å². The van der Waals surface area contributed by atoms with Crippen LogP contribution in [0.2, 0.25) is 0 Å². The maximum absolute atomic E-state index is 5.97. The molecule has 0 saturated carbocycles. The van der Waals surface area contributed by atoms with Gasteiger partial charge in [-0.25, -0.2) is 4.98 Å². The number of thiazole rings is 1. The minimum Gasteiger partial charge on any atom is -0.493 e. The van der Waals surface area contributed by atoms with Gasteiger partial charge in [-0.15, -0.1) is 11.3 Å². The fourth-order valence-electron chi connectivity index (χ4n) is 3.60. The minimum absolute atomic E-state index is 0.376. The lowest BCUT2D eigenvalue weighted by atomic mass is 9.99. The van der Waals surface area contributed by atoms with Crippen molar-refractivity contribution in [2.75, 3.05) is 31.7 Å². The Kier molecular flexibility index (Phi) is 4.58. The Morgan fingerprint density at radius 3 is 2.92 bits per heavy atom. The molecule has 128 valence electrons. The molecule has 2 aliphatic rings. The first-order valence-corrected chi connectivity index (χ1v) is 9.40. The molecule has 0 spiro atoms. The zero-order valence-electron chi connectivity index (χ0n) is 13.9. The van der Waals surface area contributed by atoms with Gasteiger partial charge in [-0.2, -0.15) is 0 Å². The van der Waals surface area contributed by atoms with Gasteiger partial charge < -0.3 is 19.7 Å². The first kappa shape index (κ1) is 15.7. The van der Waals surface area contributed by atoms with Crippen LogP contribution in [0.1, 0.15) is 18.4 Å². The number of para-hydroxylation sites is 1. The average Bonchev–Trinajstić information content (AvgIpc) is 3.16. The van der Waals surface area contributed by atoms with Crippen LogP contribution in [0.25, 0.3) is 0 Å². The third-order valence-corrected chi connectivity index (χ3v) is 5.66. The predicted octanol–water partition coefficient (Wildman–Crippen LogP) is 2.71. The molecule has 1 fully saturated rings. The summed E-state index contributed by atoms with van der Waals surface area (Å²) in [5, 5.41) is 6.99. The van der Waals surface area contributed by atoms with Crippen LogP contribution in [-0.4, -0.2) is 43.9 Å². The molecule has 0 bridgehead atoms. The van der Waals surface area contributed by atoms with Crippen LogP contribution in [0.5, 0.6) is 11.5 Å². The van der Waals surface area contributed by atoms with E-state index >= 15 is 0 Å². The zero-order chi connectivity index (χ0) is 16.4. The molecule has 5 nitrogen and oxygen atoms in total. The molecule has 2 aliphatic heterocycles. The Morgan fingerprint density at radius 1 is 1.29 bits per heavy atom. The summed E-state index contributed by atoms with van der Waals surface area (Å²) < 4.78 is 11.4. The molecule has 1 atom stereocenters. The average molecular weight is 345 g/mol. The lowest BCUT2D eigenvalue weighted by Crippen LogP contribution is -2.49. The number of fused-ring (bicyclic) bond motifs is 1. The van der Waals surface area contributed by atoms with Crippen molar-refractivity contribution in [1.82, 2.24) is 10.3 Å². The van der Waals surface area contributed by atoms with Crippen LogP contribution < -0.4 is 19.7 Å². The number of hydrogen-bond donors (Lipinski definition) is 1. The van der Waals surface area contributed by atoms with Crippen molar-refractivity contribution >= 4 is 16.5 Å². The van der Waals surface area contributed by atoms with Crippen LogP contribution in [-0.2, 0) is 6.42 Å². The van der Waals surface area contributed by atoms with Gasteiger partial charge in [0.15, 0.2) is 16.6 Å². The number of nitrogens with zero attached hydrogens (tertiary/aromatic N) is 2. The van der Waals surface area contributed by atoms with Gasteiger partial charge in [-0.3, -0.25) is 0 Å². The maximum Gasteiger partial charge on any atom is 0.185 e. The molecule has 0 radical (unpaired) electrons. The highest BCUT2D eigenvalue weighted by atomic mass is 32.1. The summed E-state index contributed by atoms with van der Waals surface area (Å²) in [7, 11) is 1.69. The van der Waals surface area contributed by atoms with Gasteiger partial charge in [-0.1, -0.05) is 12.1 Å². The molecule has 1 aromatic heterocycles. The normalized spacial score (nSPS) is 21.2. The van der Waals surface area contributed by atoms with Crippen molar-refractivity contribution in [1.29, 1.82) is 0 Å². The zero-order valence-corrected chi connectivity index (χ0v) is 14.7. The SMILES string of the molecule is COc1cccc2c1OC[C@@H](NC1CCN(c3nccs3)CC1)C2. The highest BCUT2D eigenvalue weighted by molar-refractivity contribution is 7.13. The molecular formula is C18H23N3O2S. The van der Waals surface area contributed by atoms with Gasteiger partial charge >= 0.3 is 0 Å². The maximum atomic E-state index is 5.97. The lowest BCUT2D eigenvalue weighted by molar-refractivity contribution is 0.211. The number of rotatable bonds is 4. The highest BCUT2D eigenvalue weighted by Crippen LogP contribution is 2.34. The van der Waals surface area contributed by atoms with E-state index < -0.39 is 0 Å². The molecule has 1 aromatic carbocycles. The van der Waals surface area contributed by atoms with E-state index in [1.165, 1.54) is 5.56 Å². The van der Waals surface area contributed by atoms with E-state index in [0.717, 1.165) is 49.0 Å². The molecular weight excluding hydrogens is 322 g/mol. The van der Waals surface area contributed by atoms with Crippen LogP contribution in [0.3, 0.4) is 0 Å². The molecule has 6 heteroatoms. The Morgan fingerprint density at radius 2 is 2.17 bits per heavy atom. The molecule has 4 rings (SSSR count). The second-order valence-electron chi connectivity index (χ2n) is 6.40. The van der Waals surface area contributed by atoms with Gasteiger partial charge in [-0.05, 0) is 30.9 Å². The Balaban J connectivity index is 1.33. The number of nitrogens with one attached hydrogen (secondary N) is 1. The largest absolute Gasteiger partial charge is 0.493 e. The third kappa shape index (κ3) is 3.21. The topological polar surface area (TPSA) is 46.6 Å². The van der Waals surface area contributed by atoms with Gasteiger partial charge in [0.05, 0.1) is 7.11 Å². The minimum atomic E-state index is 0.376. The first-order chi connectivity index (χ1) is 11.8. The molecule has 2 aromatic rings. The van der Waals surface area contributed by atoms with Crippen LogP contribution in [0.4, 0.5) is 5.13 Å². The molecule has 24 heavy (non-hydrogen) atoms. The quantitative estimate of drug-likeness (QED) is 0.923. The lowest BCUT2D eigenvalue weighted by Gasteiger charge is -2.36. The van der Waals surface area contributed by atoms with Crippen molar-refractivity contribution in [3.8, 4) is 11.5 Å². The fraction of sp³-hybridized carbons (Fsp3) is 0.500. The van der Waals surface area contributed by atoms with Crippen LogP contribution in [0.15, 0.2) is 29.8 Å².